The van der Waals surface area contributed by atoms with Crippen LogP contribution in [0.1, 0.15) is 87.3 Å². The molecule has 3 aromatic heterocycles. The van der Waals surface area contributed by atoms with Gasteiger partial charge in [-0.05, 0) is 73.8 Å². The minimum atomic E-state index is -0.611. The molecule has 1 aliphatic heterocycles. The van der Waals surface area contributed by atoms with Gasteiger partial charge < -0.3 is 14.8 Å². The first-order valence-electron chi connectivity index (χ1n) is 12.7. The minimum Gasteiger partial charge on any atom is -0.477 e. The van der Waals surface area contributed by atoms with Crippen molar-refractivity contribution in [2.75, 3.05) is 23.9 Å². The van der Waals surface area contributed by atoms with Crippen molar-refractivity contribution in [1.29, 1.82) is 0 Å². The molecule has 0 amide bonds. The van der Waals surface area contributed by atoms with Gasteiger partial charge in [0.2, 0.25) is 5.88 Å². The zero-order chi connectivity index (χ0) is 25.9. The lowest BCUT2D eigenvalue weighted by Crippen LogP contribution is -2.39. The molecule has 0 spiro atoms. The summed E-state index contributed by atoms with van der Waals surface area (Å²) < 4.78 is 11.6. The number of ether oxygens (including phenoxy) is 2. The van der Waals surface area contributed by atoms with Crippen LogP contribution in [-0.2, 0) is 4.74 Å². The number of cyclic esters (lactones) is 1. The van der Waals surface area contributed by atoms with Gasteiger partial charge in [-0.2, -0.15) is 11.8 Å². The van der Waals surface area contributed by atoms with Gasteiger partial charge in [0.05, 0.1) is 23.3 Å². The molecule has 3 aromatic rings. The van der Waals surface area contributed by atoms with E-state index in [1.807, 2.05) is 44.9 Å². The summed E-state index contributed by atoms with van der Waals surface area (Å²) in [5, 5.41) is 5.35. The second-order valence-electron chi connectivity index (χ2n) is 9.99. The number of aromatic nitrogens is 3. The average molecular weight is 509 g/mol. The molecule has 0 aromatic carbocycles. The molecule has 0 fully saturated rings. The quantitative estimate of drug-likeness (QED) is 0.235. The van der Waals surface area contributed by atoms with Crippen LogP contribution in [0.15, 0.2) is 30.6 Å². The number of carbonyl (C=O) groups is 1. The highest BCUT2D eigenvalue weighted by atomic mass is 32.2. The average Bonchev–Trinajstić information content (AvgIpc) is 2.85. The van der Waals surface area contributed by atoms with E-state index in [0.717, 1.165) is 41.5 Å². The van der Waals surface area contributed by atoms with E-state index in [4.69, 9.17) is 14.5 Å². The smallest absolute Gasteiger partial charge is 0.340 e. The maximum Gasteiger partial charge on any atom is 0.340 e. The highest BCUT2D eigenvalue weighted by Gasteiger charge is 2.40. The number of anilines is 2. The molecule has 0 saturated heterocycles. The van der Waals surface area contributed by atoms with Crippen LogP contribution in [0, 0.1) is 0 Å². The summed E-state index contributed by atoms with van der Waals surface area (Å²) in [6.07, 6.45) is 9.02. The number of fused-ring (bicyclic) bond motifs is 2. The Labute approximate surface area is 217 Å². The van der Waals surface area contributed by atoms with E-state index in [2.05, 4.69) is 41.5 Å². The highest BCUT2D eigenvalue weighted by Crippen LogP contribution is 2.38. The Morgan fingerprint density at radius 3 is 2.75 bits per heavy atom. The fourth-order valence-corrected chi connectivity index (χ4v) is 4.97. The number of nitrogens with zero attached hydrogens (tertiary/aromatic N) is 3. The Balaban J connectivity index is 1.68. The van der Waals surface area contributed by atoms with Gasteiger partial charge in [-0.15, -0.1) is 0 Å². The summed E-state index contributed by atoms with van der Waals surface area (Å²) in [5.74, 6) is 3.00. The summed E-state index contributed by atoms with van der Waals surface area (Å²) in [6.45, 7) is 10.9. The molecule has 0 radical (unpaired) electrons. The number of rotatable bonds is 10. The van der Waals surface area contributed by atoms with E-state index < -0.39 is 5.60 Å². The Kier molecular flexibility index (Phi) is 8.03. The van der Waals surface area contributed by atoms with Crippen molar-refractivity contribution in [2.24, 2.45) is 0 Å². The molecule has 0 saturated carbocycles. The highest BCUT2D eigenvalue weighted by molar-refractivity contribution is 7.98. The molecule has 1 N–H and O–H groups in total. The van der Waals surface area contributed by atoms with Crippen LogP contribution in [0.3, 0.4) is 0 Å². The molecule has 2 unspecified atom stereocenters. The lowest BCUT2D eigenvalue weighted by Gasteiger charge is -2.36. The standard InChI is InChI=1S/C28H36N4O3S/c1-7-9-17(2)21-15-30-26(34-12-8-13-36-6)22-16-29-24(14-20(21)22)31-23-11-10-19-25(32-23)18(3)28(4,5)35-27(19)33/h10-11,14-18H,7-9,12-13H2,1-6H3,(H,29,31,32). The van der Waals surface area contributed by atoms with Gasteiger partial charge in [0, 0.05) is 18.3 Å². The van der Waals surface area contributed by atoms with Crippen molar-refractivity contribution in [3.63, 3.8) is 0 Å². The van der Waals surface area contributed by atoms with Crippen LogP contribution in [-0.4, -0.2) is 45.1 Å². The second-order valence-corrected chi connectivity index (χ2v) is 11.0. The lowest BCUT2D eigenvalue weighted by atomic mass is 9.84. The summed E-state index contributed by atoms with van der Waals surface area (Å²) in [5.41, 5.74) is 1.83. The maximum absolute atomic E-state index is 12.4. The van der Waals surface area contributed by atoms with Gasteiger partial charge in [0.25, 0.3) is 0 Å². The zero-order valence-electron chi connectivity index (χ0n) is 22.1. The van der Waals surface area contributed by atoms with E-state index in [1.165, 1.54) is 5.56 Å². The maximum atomic E-state index is 12.4. The van der Waals surface area contributed by atoms with Gasteiger partial charge in [0.1, 0.15) is 17.2 Å². The van der Waals surface area contributed by atoms with E-state index in [-0.39, 0.29) is 11.9 Å². The van der Waals surface area contributed by atoms with Gasteiger partial charge >= 0.3 is 5.97 Å². The summed E-state index contributed by atoms with van der Waals surface area (Å²) >= 11 is 1.81. The molecule has 7 nitrogen and oxygen atoms in total. The SMILES string of the molecule is CCCC(C)c1cnc(OCCCSC)c2cnc(Nc3ccc4c(n3)C(C)C(C)(C)OC4=O)cc12. The van der Waals surface area contributed by atoms with Crippen molar-refractivity contribution in [3.05, 3.63) is 47.4 Å². The van der Waals surface area contributed by atoms with Crippen molar-refractivity contribution in [3.8, 4) is 5.88 Å². The van der Waals surface area contributed by atoms with Crippen molar-refractivity contribution >= 4 is 40.1 Å². The van der Waals surface area contributed by atoms with Gasteiger partial charge in [-0.3, -0.25) is 0 Å². The number of nitrogens with one attached hydrogen (secondary N) is 1. The molecule has 4 heterocycles. The third kappa shape index (κ3) is 5.43. The van der Waals surface area contributed by atoms with E-state index in [0.29, 0.717) is 35.6 Å². The monoisotopic (exact) mass is 508 g/mol. The molecule has 36 heavy (non-hydrogen) atoms. The third-order valence-electron chi connectivity index (χ3n) is 6.96. The normalized spacial score (nSPS) is 17.4. The molecule has 1 aliphatic rings. The van der Waals surface area contributed by atoms with Crippen LogP contribution in [0.2, 0.25) is 0 Å². The predicted octanol–water partition coefficient (Wildman–Crippen LogP) is 6.86. The van der Waals surface area contributed by atoms with E-state index in [1.54, 1.807) is 12.1 Å². The molecular weight excluding hydrogens is 472 g/mol. The molecule has 4 rings (SSSR count). The lowest BCUT2D eigenvalue weighted by molar-refractivity contribution is -0.0189. The molecule has 2 atom stereocenters. The fourth-order valence-electron chi connectivity index (χ4n) is 4.56. The van der Waals surface area contributed by atoms with E-state index >= 15 is 0 Å². The third-order valence-corrected chi connectivity index (χ3v) is 7.66. The first-order valence-corrected chi connectivity index (χ1v) is 14.1. The number of esters is 1. The largest absolute Gasteiger partial charge is 0.477 e. The molecular formula is C28H36N4O3S. The second kappa shape index (κ2) is 11.0. The van der Waals surface area contributed by atoms with Crippen molar-refractivity contribution in [2.45, 2.75) is 71.3 Å². The number of hydrogen-bond donors (Lipinski definition) is 1. The molecule has 0 bridgehead atoms. The molecule has 8 heteroatoms. The first kappa shape index (κ1) is 26.2. The zero-order valence-corrected chi connectivity index (χ0v) is 22.9. The van der Waals surface area contributed by atoms with Crippen LogP contribution < -0.4 is 10.1 Å². The first-order chi connectivity index (χ1) is 17.2. The number of hydrogen-bond acceptors (Lipinski definition) is 8. The Morgan fingerprint density at radius 2 is 2.00 bits per heavy atom. The van der Waals surface area contributed by atoms with Crippen LogP contribution in [0.5, 0.6) is 5.88 Å². The Morgan fingerprint density at radius 1 is 1.19 bits per heavy atom. The van der Waals surface area contributed by atoms with Crippen molar-refractivity contribution < 1.29 is 14.3 Å². The number of pyridine rings is 3. The van der Waals surface area contributed by atoms with Crippen LogP contribution >= 0.6 is 11.8 Å². The van der Waals surface area contributed by atoms with Gasteiger partial charge in [0.15, 0.2) is 0 Å². The van der Waals surface area contributed by atoms with Crippen LogP contribution in [0.25, 0.3) is 10.8 Å². The molecule has 192 valence electrons. The summed E-state index contributed by atoms with van der Waals surface area (Å²) in [7, 11) is 0. The number of thioether (sulfide) groups is 1. The fraction of sp³-hybridized carbons (Fsp3) is 0.500. The topological polar surface area (TPSA) is 86.2 Å². The van der Waals surface area contributed by atoms with Crippen molar-refractivity contribution in [1.82, 2.24) is 15.0 Å². The minimum absolute atomic E-state index is 0.0325. The van der Waals surface area contributed by atoms with Crippen LogP contribution in [0.4, 0.5) is 11.6 Å². The van der Waals surface area contributed by atoms with Gasteiger partial charge in [-0.25, -0.2) is 19.7 Å². The predicted molar refractivity (Wildman–Crippen MR) is 147 cm³/mol. The summed E-state index contributed by atoms with van der Waals surface area (Å²) in [4.78, 5) is 26.5. The number of carbonyl (C=O) groups excluding carboxylic acids is 1. The Hall–Kier alpha value is -2.87. The Bertz CT molecular complexity index is 1250. The van der Waals surface area contributed by atoms with Gasteiger partial charge in [-0.1, -0.05) is 27.2 Å². The summed E-state index contributed by atoms with van der Waals surface area (Å²) in [6, 6.07) is 5.62. The molecule has 0 aliphatic carbocycles. The van der Waals surface area contributed by atoms with E-state index in [9.17, 15) is 4.79 Å².